The van der Waals surface area contributed by atoms with Crippen LogP contribution in [0.15, 0.2) is 0 Å². The molecular weight excluding hydrogens is 170 g/mol. The van der Waals surface area contributed by atoms with Crippen molar-refractivity contribution in [3.63, 3.8) is 0 Å². The Morgan fingerprint density at radius 2 is 1.14 bits per heavy atom. The van der Waals surface area contributed by atoms with E-state index in [0.29, 0.717) is 0 Å². The Labute approximate surface area is 72.0 Å². The van der Waals surface area contributed by atoms with E-state index in [1.807, 2.05) is 0 Å². The van der Waals surface area contributed by atoms with Gasteiger partial charge in [0.15, 0.2) is 0 Å². The van der Waals surface area contributed by atoms with Crippen LogP contribution in [0.2, 0.25) is 0 Å². The van der Waals surface area contributed by atoms with Gasteiger partial charge in [0.1, 0.15) is 0 Å². The maximum Gasteiger partial charge on any atom is 2.00 e. The fourth-order valence-corrected chi connectivity index (χ4v) is 0. The molecule has 0 saturated heterocycles. The van der Waals surface area contributed by atoms with E-state index in [1.165, 1.54) is 0 Å². The Morgan fingerprint density at radius 3 is 1.14 bits per heavy atom. The van der Waals surface area contributed by atoms with Crippen LogP contribution in [0.25, 0.3) is 0 Å². The summed E-state index contributed by atoms with van der Waals surface area (Å²) in [4.78, 5) is 0. The SMILES string of the molecule is O=[As]([O-])([O-])[O-].[Li+].[Mg+2]. The van der Waals surface area contributed by atoms with E-state index in [4.69, 9.17) is 16.0 Å². The van der Waals surface area contributed by atoms with E-state index in [9.17, 15) is 0 Å². The van der Waals surface area contributed by atoms with Gasteiger partial charge in [0.05, 0.1) is 0 Å². The van der Waals surface area contributed by atoms with Gasteiger partial charge in [0, 0.05) is 0 Å². The second kappa shape index (κ2) is 5.73. The van der Waals surface area contributed by atoms with E-state index < -0.39 is 14.5 Å². The molecule has 7 heteroatoms. The van der Waals surface area contributed by atoms with Gasteiger partial charge in [-0.25, -0.2) is 0 Å². The summed E-state index contributed by atoms with van der Waals surface area (Å²) in [6.45, 7) is 0. The molecule has 32 valence electrons. The van der Waals surface area contributed by atoms with Gasteiger partial charge in [0.25, 0.3) is 0 Å². The van der Waals surface area contributed by atoms with Crippen LogP contribution in [-0.2, 0) is 3.74 Å². The van der Waals surface area contributed by atoms with Gasteiger partial charge >= 0.3 is 72.5 Å². The first kappa shape index (κ1) is 15.8. The number of rotatable bonds is 0. The summed E-state index contributed by atoms with van der Waals surface area (Å²) in [5, 5.41) is 0. The molecule has 0 bridgehead atoms. The molecule has 0 N–H and O–H groups in total. The molecule has 0 atom stereocenters. The Hall–Kier alpha value is 1.60. The summed E-state index contributed by atoms with van der Waals surface area (Å²) in [7, 11) is 0. The molecule has 7 heavy (non-hydrogen) atoms. The fraction of sp³-hybridized carbons (Fsp3) is 0. The third kappa shape index (κ3) is 93.0. The molecule has 0 aromatic heterocycles. The Kier molecular flexibility index (Phi) is 13.0. The largest absolute Gasteiger partial charge is 2.00 e. The second-order valence-corrected chi connectivity index (χ2v) is 2.32. The Morgan fingerprint density at radius 1 is 1.14 bits per heavy atom. The molecule has 0 aliphatic rings. The van der Waals surface area contributed by atoms with E-state index in [0.717, 1.165) is 0 Å². The van der Waals surface area contributed by atoms with E-state index in [1.54, 1.807) is 0 Å². The van der Waals surface area contributed by atoms with Crippen molar-refractivity contribution in [2.75, 3.05) is 0 Å². The van der Waals surface area contributed by atoms with E-state index in [2.05, 4.69) is 0 Å². The monoisotopic (exact) mass is 170 g/mol. The standard InChI is InChI=1S/AsH3O4.Li.Mg/c2-1(3,4)5;;/h(H3,2,3,4,5);;/q;+1;+2/p-3. The van der Waals surface area contributed by atoms with Crippen molar-refractivity contribution in [3.05, 3.63) is 0 Å². The molecule has 0 heterocycles. The summed E-state index contributed by atoms with van der Waals surface area (Å²) < 4.78 is 34.4. The average Bonchev–Trinajstić information content (AvgIpc) is 0.722. The van der Waals surface area contributed by atoms with Crippen LogP contribution in [-0.4, -0.2) is 37.6 Å². The summed E-state index contributed by atoms with van der Waals surface area (Å²) >= 11 is -5.88. The van der Waals surface area contributed by atoms with Gasteiger partial charge in [0.2, 0.25) is 0 Å². The smallest absolute Gasteiger partial charge is 1.00 e. The Balaban J connectivity index is -0.0000000800. The van der Waals surface area contributed by atoms with Crippen molar-refractivity contribution in [2.24, 2.45) is 0 Å². The van der Waals surface area contributed by atoms with Crippen LogP contribution in [0.1, 0.15) is 0 Å². The predicted octanol–water partition coefficient (Wildman–Crippen LogP) is -7.44. The van der Waals surface area contributed by atoms with E-state index in [-0.39, 0.29) is 41.9 Å². The van der Waals surface area contributed by atoms with Crippen molar-refractivity contribution in [1.82, 2.24) is 0 Å². The van der Waals surface area contributed by atoms with Crippen molar-refractivity contribution >= 4 is 37.6 Å². The molecule has 0 unspecified atom stereocenters. The van der Waals surface area contributed by atoms with Crippen LogP contribution < -0.4 is 31.1 Å². The minimum Gasteiger partial charge on any atom is 1.00 e. The average molecular weight is 170 g/mol. The third-order valence-electron chi connectivity index (χ3n) is 0. The molecule has 0 fully saturated rings. The molecule has 0 aromatic carbocycles. The van der Waals surface area contributed by atoms with Crippen molar-refractivity contribution in [3.8, 4) is 0 Å². The molecule has 0 spiro atoms. The number of hydrogen-bond donors (Lipinski definition) is 0. The molecule has 0 rings (SSSR count). The molecular formula is AsLiMgO4. The predicted molar refractivity (Wildman–Crippen MR) is 12.2 cm³/mol. The molecule has 4 nitrogen and oxygen atoms in total. The topological polar surface area (TPSA) is 86.2 Å². The van der Waals surface area contributed by atoms with Gasteiger partial charge in [-0.15, -0.1) is 0 Å². The van der Waals surface area contributed by atoms with Crippen LogP contribution in [0.3, 0.4) is 0 Å². The molecule has 0 radical (unpaired) electrons. The van der Waals surface area contributed by atoms with Crippen LogP contribution >= 0.6 is 0 Å². The zero-order valence-corrected chi connectivity index (χ0v) is 7.08. The van der Waals surface area contributed by atoms with Gasteiger partial charge in [-0.2, -0.15) is 0 Å². The normalized spacial score (nSPS) is 8.43. The first-order valence-electron chi connectivity index (χ1n) is 0.730. The fourth-order valence-electron chi connectivity index (χ4n) is 0. The van der Waals surface area contributed by atoms with Gasteiger partial charge < -0.3 is 0 Å². The zero-order valence-electron chi connectivity index (χ0n) is 3.79. The summed E-state index contributed by atoms with van der Waals surface area (Å²) in [6.07, 6.45) is 0. The molecule has 0 amide bonds. The third-order valence-corrected chi connectivity index (χ3v) is 0. The second-order valence-electron chi connectivity index (χ2n) is 0.447. The van der Waals surface area contributed by atoms with Crippen molar-refractivity contribution < 1.29 is 34.9 Å². The van der Waals surface area contributed by atoms with Gasteiger partial charge in [-0.3, -0.25) is 0 Å². The maximum atomic E-state index is 8.61. The minimum atomic E-state index is -5.88. The summed E-state index contributed by atoms with van der Waals surface area (Å²) in [5.74, 6) is 0. The first-order chi connectivity index (χ1) is 2.00. The minimum absolute atomic E-state index is 0. The van der Waals surface area contributed by atoms with Crippen LogP contribution in [0.4, 0.5) is 0 Å². The molecule has 0 aromatic rings. The maximum absolute atomic E-state index is 8.61. The Bertz CT molecular complexity index is 57.8. The number of hydrogen-bond acceptors (Lipinski definition) is 4. The van der Waals surface area contributed by atoms with Crippen molar-refractivity contribution in [2.45, 2.75) is 0 Å². The van der Waals surface area contributed by atoms with Crippen LogP contribution in [0.5, 0.6) is 0 Å². The molecule has 0 aliphatic carbocycles. The molecule has 0 aliphatic heterocycles. The van der Waals surface area contributed by atoms with E-state index >= 15 is 0 Å². The molecule has 0 saturated carbocycles. The van der Waals surface area contributed by atoms with Crippen molar-refractivity contribution in [1.29, 1.82) is 0 Å². The summed E-state index contributed by atoms with van der Waals surface area (Å²) in [6, 6.07) is 0. The quantitative estimate of drug-likeness (QED) is 0.338. The van der Waals surface area contributed by atoms with Crippen LogP contribution in [0, 0.1) is 0 Å². The zero-order chi connectivity index (χ0) is 4.50. The van der Waals surface area contributed by atoms with Gasteiger partial charge in [-0.1, -0.05) is 0 Å². The van der Waals surface area contributed by atoms with Gasteiger partial charge in [-0.05, 0) is 0 Å². The first-order valence-corrected chi connectivity index (χ1v) is 3.79. The summed E-state index contributed by atoms with van der Waals surface area (Å²) in [5.41, 5.74) is 0.